The predicted molar refractivity (Wildman–Crippen MR) is 71.8 cm³/mol. The molecule has 1 N–H and O–H groups in total. The second-order valence-corrected chi connectivity index (χ2v) is 6.51. The largest absolute Gasteiger partial charge is 0.480 e. The van der Waals surface area contributed by atoms with E-state index in [1.165, 1.54) is 24.3 Å². The quantitative estimate of drug-likeness (QED) is 0.851. The molecule has 0 saturated carbocycles. The third kappa shape index (κ3) is 2.69. The van der Waals surface area contributed by atoms with Gasteiger partial charge in [0.05, 0.1) is 4.90 Å². The Hall–Kier alpha value is -1.84. The van der Waals surface area contributed by atoms with Crippen molar-refractivity contribution in [1.82, 2.24) is 4.31 Å². The molecule has 0 amide bonds. The molecule has 1 saturated heterocycles. The zero-order valence-electron chi connectivity index (χ0n) is 10.7. The number of piperidine rings is 1. The highest BCUT2D eigenvalue weighted by atomic mass is 32.2. The Labute approximate surface area is 118 Å². The van der Waals surface area contributed by atoms with E-state index in [1.54, 1.807) is 0 Å². The summed E-state index contributed by atoms with van der Waals surface area (Å²) in [6.07, 6.45) is 8.68. The SMILES string of the molecule is [C]#Cc1ccc(S(=O)(=O)N2CCCCC2C(=O)O)cc1. The first kappa shape index (κ1) is 14.6. The van der Waals surface area contributed by atoms with Crippen LogP contribution in [0.2, 0.25) is 0 Å². The van der Waals surface area contributed by atoms with E-state index in [4.69, 9.17) is 11.5 Å². The van der Waals surface area contributed by atoms with Crippen LogP contribution < -0.4 is 0 Å². The summed E-state index contributed by atoms with van der Waals surface area (Å²) in [6.45, 7) is 0.220. The number of nitrogens with zero attached hydrogens (tertiary/aromatic N) is 1. The maximum absolute atomic E-state index is 12.5. The summed E-state index contributed by atoms with van der Waals surface area (Å²) >= 11 is 0. The Morgan fingerprint density at radius 2 is 1.95 bits per heavy atom. The van der Waals surface area contributed by atoms with Crippen LogP contribution in [0.25, 0.3) is 0 Å². The highest BCUT2D eigenvalue weighted by molar-refractivity contribution is 7.89. The second kappa shape index (κ2) is 5.65. The van der Waals surface area contributed by atoms with Crippen molar-refractivity contribution in [3.8, 4) is 5.92 Å². The molecule has 1 fully saturated rings. The van der Waals surface area contributed by atoms with Gasteiger partial charge in [0.15, 0.2) is 0 Å². The molecule has 1 aromatic rings. The van der Waals surface area contributed by atoms with E-state index in [1.807, 2.05) is 0 Å². The highest BCUT2D eigenvalue weighted by Gasteiger charge is 2.37. The molecular formula is C14H14NO4S. The van der Waals surface area contributed by atoms with Gasteiger partial charge in [0.2, 0.25) is 10.0 Å². The lowest BCUT2D eigenvalue weighted by atomic mass is 10.1. The molecule has 0 spiro atoms. The van der Waals surface area contributed by atoms with Crippen LogP contribution in [0.4, 0.5) is 0 Å². The van der Waals surface area contributed by atoms with Crippen molar-refractivity contribution in [3.05, 3.63) is 36.3 Å². The van der Waals surface area contributed by atoms with E-state index in [-0.39, 0.29) is 11.4 Å². The van der Waals surface area contributed by atoms with E-state index in [9.17, 15) is 13.2 Å². The minimum atomic E-state index is -3.82. The predicted octanol–water partition coefficient (Wildman–Crippen LogP) is 1.25. The van der Waals surface area contributed by atoms with Crippen molar-refractivity contribution in [2.75, 3.05) is 6.54 Å². The lowest BCUT2D eigenvalue weighted by Gasteiger charge is -2.31. The molecule has 5 nitrogen and oxygen atoms in total. The van der Waals surface area contributed by atoms with Crippen LogP contribution in [0.3, 0.4) is 0 Å². The molecule has 0 bridgehead atoms. The van der Waals surface area contributed by atoms with Crippen molar-refractivity contribution in [3.63, 3.8) is 0 Å². The van der Waals surface area contributed by atoms with Crippen molar-refractivity contribution >= 4 is 16.0 Å². The third-order valence-corrected chi connectivity index (χ3v) is 5.27. The maximum atomic E-state index is 12.5. The molecule has 1 aliphatic rings. The highest BCUT2D eigenvalue weighted by Crippen LogP contribution is 2.25. The summed E-state index contributed by atoms with van der Waals surface area (Å²) in [5, 5.41) is 9.16. The first-order chi connectivity index (χ1) is 9.46. The van der Waals surface area contributed by atoms with Gasteiger partial charge in [0, 0.05) is 12.1 Å². The van der Waals surface area contributed by atoms with E-state index in [2.05, 4.69) is 5.92 Å². The average Bonchev–Trinajstić information content (AvgIpc) is 2.47. The van der Waals surface area contributed by atoms with Gasteiger partial charge in [-0.1, -0.05) is 5.92 Å². The van der Waals surface area contributed by atoms with Crippen LogP contribution in [0.15, 0.2) is 29.2 Å². The molecule has 0 aliphatic carbocycles. The first-order valence-electron chi connectivity index (χ1n) is 6.24. The van der Waals surface area contributed by atoms with Crippen molar-refractivity contribution in [1.29, 1.82) is 0 Å². The number of hydrogen-bond acceptors (Lipinski definition) is 3. The molecule has 1 atom stereocenters. The molecule has 6 heteroatoms. The van der Waals surface area contributed by atoms with Gasteiger partial charge < -0.3 is 5.11 Å². The average molecular weight is 292 g/mol. The van der Waals surface area contributed by atoms with Crippen LogP contribution in [-0.2, 0) is 14.8 Å². The fourth-order valence-corrected chi connectivity index (χ4v) is 3.94. The zero-order chi connectivity index (χ0) is 14.8. The topological polar surface area (TPSA) is 74.7 Å². The summed E-state index contributed by atoms with van der Waals surface area (Å²) in [7, 11) is -3.82. The number of benzene rings is 1. The number of sulfonamides is 1. The second-order valence-electron chi connectivity index (χ2n) is 4.61. The van der Waals surface area contributed by atoms with Crippen LogP contribution in [-0.4, -0.2) is 36.4 Å². The van der Waals surface area contributed by atoms with E-state index >= 15 is 0 Å². The molecule has 2 rings (SSSR count). The van der Waals surface area contributed by atoms with Gasteiger partial charge in [-0.05, 0) is 50.0 Å². The minimum absolute atomic E-state index is 0.0460. The normalized spacial score (nSPS) is 20.2. The molecule has 1 aromatic carbocycles. The smallest absolute Gasteiger partial charge is 0.322 e. The number of carboxylic acid groups (broad SMARTS) is 1. The molecule has 1 unspecified atom stereocenters. The summed E-state index contributed by atoms with van der Waals surface area (Å²) < 4.78 is 26.1. The molecule has 1 aliphatic heterocycles. The molecule has 1 heterocycles. The Morgan fingerprint density at radius 3 is 2.50 bits per heavy atom. The Bertz CT molecular complexity index is 643. The zero-order valence-corrected chi connectivity index (χ0v) is 11.6. The van der Waals surface area contributed by atoms with Gasteiger partial charge >= 0.3 is 5.97 Å². The Morgan fingerprint density at radius 1 is 1.30 bits per heavy atom. The van der Waals surface area contributed by atoms with Gasteiger partial charge in [-0.25, -0.2) is 8.42 Å². The molecule has 105 valence electrons. The van der Waals surface area contributed by atoms with Crippen LogP contribution in [0.5, 0.6) is 0 Å². The molecule has 0 aromatic heterocycles. The standard InChI is InChI=1S/C14H14NO4S/c1-2-11-6-8-12(9-7-11)20(18,19)15-10-4-3-5-13(15)14(16)17/h6-9,13H,3-5,10H2,(H,16,17). The number of hydrogen-bond donors (Lipinski definition) is 1. The number of rotatable bonds is 3. The van der Waals surface area contributed by atoms with Gasteiger partial charge in [-0.15, -0.1) is 0 Å². The van der Waals surface area contributed by atoms with E-state index in [0.717, 1.165) is 4.31 Å². The Balaban J connectivity index is 2.37. The first-order valence-corrected chi connectivity index (χ1v) is 7.68. The van der Waals surface area contributed by atoms with Crippen molar-refractivity contribution < 1.29 is 18.3 Å². The molecule has 1 radical (unpaired) electrons. The lowest BCUT2D eigenvalue weighted by molar-refractivity contribution is -0.142. The van der Waals surface area contributed by atoms with Gasteiger partial charge in [0.1, 0.15) is 6.04 Å². The fraction of sp³-hybridized carbons (Fsp3) is 0.357. The summed E-state index contributed by atoms with van der Waals surface area (Å²) in [4.78, 5) is 11.2. The Kier molecular flexibility index (Phi) is 4.12. The van der Waals surface area contributed by atoms with Gasteiger partial charge in [-0.3, -0.25) is 4.79 Å². The van der Waals surface area contributed by atoms with Crippen LogP contribution in [0, 0.1) is 12.3 Å². The third-order valence-electron chi connectivity index (χ3n) is 3.34. The lowest BCUT2D eigenvalue weighted by Crippen LogP contribution is -2.47. The fourth-order valence-electron chi connectivity index (χ4n) is 2.29. The summed E-state index contributed by atoms with van der Waals surface area (Å²) in [5.41, 5.74) is 0.470. The van der Waals surface area contributed by atoms with Gasteiger partial charge in [0.25, 0.3) is 0 Å². The summed E-state index contributed by atoms with van der Waals surface area (Å²) in [5.74, 6) is 1.05. The monoisotopic (exact) mass is 292 g/mol. The summed E-state index contributed by atoms with van der Waals surface area (Å²) in [6, 6.07) is 4.70. The molecular weight excluding hydrogens is 278 g/mol. The van der Waals surface area contributed by atoms with Crippen molar-refractivity contribution in [2.24, 2.45) is 0 Å². The number of carboxylic acids is 1. The van der Waals surface area contributed by atoms with E-state index < -0.39 is 22.0 Å². The van der Waals surface area contributed by atoms with Crippen LogP contribution >= 0.6 is 0 Å². The van der Waals surface area contributed by atoms with Crippen molar-refractivity contribution in [2.45, 2.75) is 30.2 Å². The maximum Gasteiger partial charge on any atom is 0.322 e. The number of carbonyl (C=O) groups is 1. The molecule has 20 heavy (non-hydrogen) atoms. The number of aliphatic carboxylic acids is 1. The minimum Gasteiger partial charge on any atom is -0.480 e. The van der Waals surface area contributed by atoms with Gasteiger partial charge in [-0.2, -0.15) is 4.31 Å². The van der Waals surface area contributed by atoms with E-state index in [0.29, 0.717) is 24.8 Å². The van der Waals surface area contributed by atoms with Crippen LogP contribution in [0.1, 0.15) is 24.8 Å².